The van der Waals surface area contributed by atoms with Gasteiger partial charge in [0, 0.05) is 24.0 Å². The number of nitrogens with zero attached hydrogens (tertiary/aromatic N) is 2. The van der Waals surface area contributed by atoms with Gasteiger partial charge >= 0.3 is 6.18 Å². The molecule has 170 valence electrons. The Morgan fingerprint density at radius 2 is 1.78 bits per heavy atom. The Morgan fingerprint density at radius 1 is 1.09 bits per heavy atom. The third kappa shape index (κ3) is 4.68. The van der Waals surface area contributed by atoms with Gasteiger partial charge in [-0.15, -0.1) is 11.3 Å². The Balaban J connectivity index is 1.45. The molecule has 0 N–H and O–H groups in total. The second kappa shape index (κ2) is 8.86. The molecule has 4 nitrogen and oxygen atoms in total. The van der Waals surface area contributed by atoms with E-state index in [1.165, 1.54) is 23.0 Å². The molecular formula is C23H23F3N2O2S2. The van der Waals surface area contributed by atoms with E-state index in [0.29, 0.717) is 25.9 Å². The molecular weight excluding hydrogens is 457 g/mol. The van der Waals surface area contributed by atoms with Gasteiger partial charge in [-0.25, -0.2) is 13.4 Å². The number of hydrogen-bond acceptors (Lipinski definition) is 5. The van der Waals surface area contributed by atoms with E-state index in [4.69, 9.17) is 4.98 Å². The highest BCUT2D eigenvalue weighted by Crippen LogP contribution is 2.34. The van der Waals surface area contributed by atoms with Crippen molar-refractivity contribution in [1.82, 2.24) is 4.98 Å². The molecule has 3 aromatic rings. The van der Waals surface area contributed by atoms with Crippen molar-refractivity contribution in [3.8, 4) is 11.3 Å². The van der Waals surface area contributed by atoms with Gasteiger partial charge in [-0.05, 0) is 43.0 Å². The zero-order chi connectivity index (χ0) is 22.9. The van der Waals surface area contributed by atoms with Crippen molar-refractivity contribution < 1.29 is 21.6 Å². The quantitative estimate of drug-likeness (QED) is 0.461. The molecule has 9 heteroatoms. The Hall–Kier alpha value is -2.39. The van der Waals surface area contributed by atoms with E-state index in [9.17, 15) is 21.6 Å². The molecule has 1 aromatic heterocycles. The normalized spacial score (nSPS) is 15.8. The molecule has 1 aliphatic heterocycles. The van der Waals surface area contributed by atoms with Crippen LogP contribution in [0.3, 0.4) is 0 Å². The van der Waals surface area contributed by atoms with Gasteiger partial charge in [0.25, 0.3) is 0 Å². The largest absolute Gasteiger partial charge is 0.416 e. The standard InChI is InChI=1S/C23H23F3N2O2S2/c1-2-16-6-8-17(9-7-16)21-15-31-22(27-21)28-12-10-19(11-13-28)32(29,30)20-5-3-4-18(14-20)23(24,25)26/h3-9,14-15,19H,2,10-13H2,1H3. The number of thiazole rings is 1. The lowest BCUT2D eigenvalue weighted by atomic mass is 10.1. The minimum atomic E-state index is -4.58. The summed E-state index contributed by atoms with van der Waals surface area (Å²) in [7, 11) is -3.84. The molecule has 2 heterocycles. The first-order chi connectivity index (χ1) is 15.2. The third-order valence-electron chi connectivity index (χ3n) is 5.79. The predicted octanol–water partition coefficient (Wildman–Crippen LogP) is 5.83. The van der Waals surface area contributed by atoms with Crippen molar-refractivity contribution >= 4 is 26.3 Å². The van der Waals surface area contributed by atoms with Crippen LogP contribution >= 0.6 is 11.3 Å². The Kier molecular flexibility index (Phi) is 6.31. The van der Waals surface area contributed by atoms with Gasteiger partial charge in [0.05, 0.1) is 21.4 Å². The lowest BCUT2D eigenvalue weighted by Crippen LogP contribution is -2.39. The maximum atomic E-state index is 13.0. The van der Waals surface area contributed by atoms with Crippen LogP contribution in [0.25, 0.3) is 11.3 Å². The van der Waals surface area contributed by atoms with Crippen LogP contribution in [-0.2, 0) is 22.4 Å². The summed E-state index contributed by atoms with van der Waals surface area (Å²) in [4.78, 5) is 6.50. The maximum absolute atomic E-state index is 13.0. The average Bonchev–Trinajstić information content (AvgIpc) is 3.29. The molecule has 0 atom stereocenters. The lowest BCUT2D eigenvalue weighted by molar-refractivity contribution is -0.137. The van der Waals surface area contributed by atoms with E-state index < -0.39 is 26.8 Å². The zero-order valence-electron chi connectivity index (χ0n) is 17.5. The number of hydrogen-bond donors (Lipinski definition) is 0. The molecule has 1 saturated heterocycles. The van der Waals surface area contributed by atoms with Crippen LogP contribution < -0.4 is 4.90 Å². The fraction of sp³-hybridized carbons (Fsp3) is 0.348. The van der Waals surface area contributed by atoms with E-state index >= 15 is 0 Å². The summed E-state index contributed by atoms with van der Waals surface area (Å²) in [6.45, 7) is 3.09. The van der Waals surface area contributed by atoms with Gasteiger partial charge in [0.1, 0.15) is 0 Å². The molecule has 0 unspecified atom stereocenters. The first-order valence-electron chi connectivity index (χ1n) is 10.4. The van der Waals surface area contributed by atoms with Gasteiger partial charge < -0.3 is 4.90 Å². The number of sulfone groups is 1. The summed E-state index contributed by atoms with van der Waals surface area (Å²) >= 11 is 1.51. The summed E-state index contributed by atoms with van der Waals surface area (Å²) in [6.07, 6.45) is -2.91. The minimum Gasteiger partial charge on any atom is -0.348 e. The number of aromatic nitrogens is 1. The zero-order valence-corrected chi connectivity index (χ0v) is 19.1. The van der Waals surface area contributed by atoms with Gasteiger partial charge in [-0.2, -0.15) is 13.2 Å². The number of anilines is 1. The lowest BCUT2D eigenvalue weighted by Gasteiger charge is -2.31. The Labute approximate surface area is 189 Å². The highest BCUT2D eigenvalue weighted by Gasteiger charge is 2.35. The number of benzene rings is 2. The number of rotatable bonds is 5. The third-order valence-corrected chi connectivity index (χ3v) is 8.95. The first kappa shape index (κ1) is 22.8. The summed E-state index contributed by atoms with van der Waals surface area (Å²) in [5.41, 5.74) is 2.23. The van der Waals surface area contributed by atoms with Crippen LogP contribution in [0.1, 0.15) is 30.9 Å². The van der Waals surface area contributed by atoms with Gasteiger partial charge in [0.2, 0.25) is 0 Å². The summed E-state index contributed by atoms with van der Waals surface area (Å²) < 4.78 is 64.9. The van der Waals surface area contributed by atoms with Gasteiger partial charge in [-0.1, -0.05) is 37.3 Å². The maximum Gasteiger partial charge on any atom is 0.416 e. The van der Waals surface area contributed by atoms with E-state index in [0.717, 1.165) is 41.0 Å². The van der Waals surface area contributed by atoms with Crippen molar-refractivity contribution in [2.24, 2.45) is 0 Å². The number of aryl methyl sites for hydroxylation is 1. The molecule has 0 radical (unpaired) electrons. The van der Waals surface area contributed by atoms with Crippen molar-refractivity contribution in [3.63, 3.8) is 0 Å². The molecule has 0 bridgehead atoms. The van der Waals surface area contributed by atoms with E-state index in [1.807, 2.05) is 22.4 Å². The van der Waals surface area contributed by atoms with Crippen molar-refractivity contribution in [2.75, 3.05) is 18.0 Å². The van der Waals surface area contributed by atoms with Crippen LogP contribution in [0.4, 0.5) is 18.3 Å². The monoisotopic (exact) mass is 480 g/mol. The highest BCUT2D eigenvalue weighted by atomic mass is 32.2. The van der Waals surface area contributed by atoms with Crippen LogP contribution in [0, 0.1) is 0 Å². The molecule has 1 aliphatic rings. The van der Waals surface area contributed by atoms with E-state index in [2.05, 4.69) is 19.1 Å². The molecule has 0 saturated carbocycles. The highest BCUT2D eigenvalue weighted by molar-refractivity contribution is 7.92. The SMILES string of the molecule is CCc1ccc(-c2csc(N3CCC(S(=O)(=O)c4cccc(C(F)(F)F)c4)CC3)n2)cc1. The fourth-order valence-corrected chi connectivity index (χ4v) is 6.52. The number of alkyl halides is 3. The minimum absolute atomic E-state index is 0.266. The Bertz CT molecular complexity index is 1180. The topological polar surface area (TPSA) is 50.3 Å². The van der Waals surface area contributed by atoms with Crippen molar-refractivity contribution in [3.05, 3.63) is 65.0 Å². The summed E-state index contributed by atoms with van der Waals surface area (Å²) in [5, 5.41) is 2.11. The summed E-state index contributed by atoms with van der Waals surface area (Å²) in [6, 6.07) is 12.3. The van der Waals surface area contributed by atoms with Gasteiger partial charge in [-0.3, -0.25) is 0 Å². The predicted molar refractivity (Wildman–Crippen MR) is 121 cm³/mol. The van der Waals surface area contributed by atoms with E-state index in [1.54, 1.807) is 0 Å². The van der Waals surface area contributed by atoms with Gasteiger partial charge in [0.15, 0.2) is 15.0 Å². The number of piperidine rings is 1. The second-order valence-electron chi connectivity index (χ2n) is 7.82. The smallest absolute Gasteiger partial charge is 0.348 e. The first-order valence-corrected chi connectivity index (χ1v) is 12.8. The van der Waals surface area contributed by atoms with Crippen LogP contribution in [-0.4, -0.2) is 31.7 Å². The molecule has 0 spiro atoms. The molecule has 0 amide bonds. The van der Waals surface area contributed by atoms with Crippen LogP contribution in [0.5, 0.6) is 0 Å². The second-order valence-corrected chi connectivity index (χ2v) is 10.9. The Morgan fingerprint density at radius 3 is 2.41 bits per heavy atom. The molecule has 1 fully saturated rings. The van der Waals surface area contributed by atoms with Crippen LogP contribution in [0.15, 0.2) is 58.8 Å². The van der Waals surface area contributed by atoms with Crippen molar-refractivity contribution in [2.45, 2.75) is 42.5 Å². The number of halogens is 3. The molecule has 0 aliphatic carbocycles. The van der Waals surface area contributed by atoms with Crippen LogP contribution in [0.2, 0.25) is 0 Å². The fourth-order valence-electron chi connectivity index (χ4n) is 3.85. The summed E-state index contributed by atoms with van der Waals surface area (Å²) in [5.74, 6) is 0. The molecule has 4 rings (SSSR count). The molecule has 2 aromatic carbocycles. The van der Waals surface area contributed by atoms with Crippen molar-refractivity contribution in [1.29, 1.82) is 0 Å². The molecule has 32 heavy (non-hydrogen) atoms. The average molecular weight is 481 g/mol. The van der Waals surface area contributed by atoms with E-state index in [-0.39, 0.29) is 4.90 Å².